The van der Waals surface area contributed by atoms with Crippen molar-refractivity contribution >= 4 is 35.3 Å². The Bertz CT molecular complexity index is 762. The molecule has 2 rings (SSSR count). The summed E-state index contributed by atoms with van der Waals surface area (Å²) in [6, 6.07) is 6.84. The average molecular weight is 424 g/mol. The quantitative estimate of drug-likeness (QED) is 0.671. The molecule has 1 saturated heterocycles. The number of nitrogens with one attached hydrogen (secondary N) is 1. The largest absolute Gasteiger partial charge is 0.456 e. The zero-order valence-corrected chi connectivity index (χ0v) is 17.4. The van der Waals surface area contributed by atoms with Gasteiger partial charge in [-0.2, -0.15) is 0 Å². The zero-order valence-electron chi connectivity index (χ0n) is 16.7. The van der Waals surface area contributed by atoms with Crippen LogP contribution in [-0.2, 0) is 23.9 Å². The number of carbonyl (C=O) groups excluding carboxylic acids is 4. The minimum Gasteiger partial charge on any atom is -0.456 e. The molecule has 1 atom stereocenters. The number of hydrogen-bond acceptors (Lipinski definition) is 5. The van der Waals surface area contributed by atoms with Gasteiger partial charge in [-0.15, -0.1) is 0 Å². The lowest BCUT2D eigenvalue weighted by molar-refractivity contribution is -0.150. The molecule has 3 amide bonds. The first kappa shape index (κ1) is 22.7. The smallest absolute Gasteiger partial charge is 0.306 e. The van der Waals surface area contributed by atoms with Gasteiger partial charge in [-0.1, -0.05) is 23.7 Å². The Labute approximate surface area is 175 Å². The van der Waals surface area contributed by atoms with Crippen LogP contribution in [0.5, 0.6) is 0 Å². The number of carbonyl (C=O) groups is 4. The second-order valence-electron chi connectivity index (χ2n) is 6.89. The third kappa shape index (κ3) is 7.38. The SMILES string of the molecule is CC(=O)N1CCN(C(=O)CCC(=O)OCC(=O)N[C@H](C)c2cccc(Cl)c2)CC1. The van der Waals surface area contributed by atoms with Crippen molar-refractivity contribution in [3.63, 3.8) is 0 Å². The first-order valence-electron chi connectivity index (χ1n) is 9.50. The molecule has 9 heteroatoms. The van der Waals surface area contributed by atoms with Crippen LogP contribution >= 0.6 is 11.6 Å². The first-order valence-corrected chi connectivity index (χ1v) is 9.88. The second kappa shape index (κ2) is 10.8. The number of amides is 3. The summed E-state index contributed by atoms with van der Waals surface area (Å²) < 4.78 is 4.95. The molecule has 1 N–H and O–H groups in total. The summed E-state index contributed by atoms with van der Waals surface area (Å²) in [5.74, 6) is -1.21. The molecule has 0 radical (unpaired) electrons. The van der Waals surface area contributed by atoms with Crippen LogP contribution in [0.4, 0.5) is 0 Å². The van der Waals surface area contributed by atoms with E-state index in [0.717, 1.165) is 5.56 Å². The summed E-state index contributed by atoms with van der Waals surface area (Å²) in [5.41, 5.74) is 0.840. The average Bonchev–Trinajstić information content (AvgIpc) is 2.70. The number of benzene rings is 1. The second-order valence-corrected chi connectivity index (χ2v) is 7.33. The highest BCUT2D eigenvalue weighted by atomic mass is 35.5. The van der Waals surface area contributed by atoms with Crippen LogP contribution in [0.15, 0.2) is 24.3 Å². The van der Waals surface area contributed by atoms with Gasteiger partial charge in [0.2, 0.25) is 11.8 Å². The van der Waals surface area contributed by atoms with Crippen molar-refractivity contribution in [2.45, 2.75) is 32.7 Å². The van der Waals surface area contributed by atoms with Crippen LogP contribution < -0.4 is 5.32 Å². The predicted molar refractivity (Wildman–Crippen MR) is 107 cm³/mol. The summed E-state index contributed by atoms with van der Waals surface area (Å²) in [4.78, 5) is 50.6. The van der Waals surface area contributed by atoms with Gasteiger partial charge in [0.1, 0.15) is 0 Å². The van der Waals surface area contributed by atoms with E-state index >= 15 is 0 Å². The number of esters is 1. The van der Waals surface area contributed by atoms with E-state index in [1.807, 2.05) is 6.07 Å². The van der Waals surface area contributed by atoms with Crippen LogP contribution in [0.25, 0.3) is 0 Å². The fraction of sp³-hybridized carbons (Fsp3) is 0.500. The van der Waals surface area contributed by atoms with Gasteiger partial charge < -0.3 is 19.9 Å². The summed E-state index contributed by atoms with van der Waals surface area (Å²) >= 11 is 5.94. The Balaban J connectivity index is 1.65. The Hall–Kier alpha value is -2.61. The Kier molecular flexibility index (Phi) is 8.45. The van der Waals surface area contributed by atoms with Gasteiger partial charge >= 0.3 is 5.97 Å². The number of ether oxygens (including phenoxy) is 1. The minimum absolute atomic E-state index is 0.0105. The van der Waals surface area contributed by atoms with Crippen molar-refractivity contribution in [2.75, 3.05) is 32.8 Å². The molecule has 1 aromatic rings. The predicted octanol–water partition coefficient (Wildman–Crippen LogP) is 1.53. The monoisotopic (exact) mass is 423 g/mol. The van der Waals surface area contributed by atoms with Crippen LogP contribution in [0.2, 0.25) is 5.02 Å². The van der Waals surface area contributed by atoms with E-state index in [2.05, 4.69) is 5.32 Å². The summed E-state index contributed by atoms with van der Waals surface area (Å²) in [7, 11) is 0. The fourth-order valence-electron chi connectivity index (χ4n) is 3.00. The fourth-order valence-corrected chi connectivity index (χ4v) is 3.20. The third-order valence-corrected chi connectivity index (χ3v) is 4.95. The van der Waals surface area contributed by atoms with Gasteiger partial charge in [-0.3, -0.25) is 19.2 Å². The minimum atomic E-state index is -0.605. The highest BCUT2D eigenvalue weighted by Crippen LogP contribution is 2.17. The highest BCUT2D eigenvalue weighted by molar-refractivity contribution is 6.30. The molecule has 8 nitrogen and oxygen atoms in total. The van der Waals surface area contributed by atoms with Crippen molar-refractivity contribution in [2.24, 2.45) is 0 Å². The van der Waals surface area contributed by atoms with Gasteiger partial charge in [0, 0.05) is 44.5 Å². The Morgan fingerprint density at radius 2 is 1.76 bits per heavy atom. The molecule has 1 aromatic carbocycles. The van der Waals surface area contributed by atoms with Gasteiger partial charge in [0.25, 0.3) is 5.91 Å². The molecule has 0 aliphatic carbocycles. The molecular weight excluding hydrogens is 398 g/mol. The van der Waals surface area contributed by atoms with Crippen molar-refractivity contribution in [3.8, 4) is 0 Å². The molecule has 0 spiro atoms. The van der Waals surface area contributed by atoms with Crippen LogP contribution in [0.3, 0.4) is 0 Å². The molecule has 158 valence electrons. The van der Waals surface area contributed by atoms with Gasteiger partial charge in [0.15, 0.2) is 6.61 Å². The van der Waals surface area contributed by atoms with Crippen LogP contribution in [0, 0.1) is 0 Å². The lowest BCUT2D eigenvalue weighted by Gasteiger charge is -2.34. The molecule has 1 aliphatic heterocycles. The van der Waals surface area contributed by atoms with Gasteiger partial charge in [-0.25, -0.2) is 0 Å². The molecule has 0 bridgehead atoms. The van der Waals surface area contributed by atoms with E-state index in [4.69, 9.17) is 16.3 Å². The molecule has 0 aromatic heterocycles. The Morgan fingerprint density at radius 1 is 1.10 bits per heavy atom. The lowest BCUT2D eigenvalue weighted by Crippen LogP contribution is -2.50. The van der Waals surface area contributed by atoms with Crippen molar-refractivity contribution in [3.05, 3.63) is 34.9 Å². The topological polar surface area (TPSA) is 96.0 Å². The van der Waals surface area contributed by atoms with Crippen molar-refractivity contribution in [1.82, 2.24) is 15.1 Å². The summed E-state index contributed by atoms with van der Waals surface area (Å²) in [6.45, 7) is 4.80. The van der Waals surface area contributed by atoms with Gasteiger partial charge in [-0.05, 0) is 24.6 Å². The van der Waals surface area contributed by atoms with E-state index in [-0.39, 0.29) is 30.7 Å². The summed E-state index contributed by atoms with van der Waals surface area (Å²) in [5, 5.41) is 3.30. The van der Waals surface area contributed by atoms with E-state index in [1.54, 1.807) is 34.9 Å². The lowest BCUT2D eigenvalue weighted by atomic mass is 10.1. The van der Waals surface area contributed by atoms with E-state index < -0.39 is 18.5 Å². The molecule has 29 heavy (non-hydrogen) atoms. The van der Waals surface area contributed by atoms with Crippen molar-refractivity contribution < 1.29 is 23.9 Å². The third-order valence-electron chi connectivity index (χ3n) is 4.71. The number of piperazine rings is 1. The van der Waals surface area contributed by atoms with Crippen LogP contribution in [-0.4, -0.2) is 66.3 Å². The number of nitrogens with zero attached hydrogens (tertiary/aromatic N) is 2. The van der Waals surface area contributed by atoms with E-state index in [0.29, 0.717) is 31.2 Å². The maximum Gasteiger partial charge on any atom is 0.306 e. The standard InChI is InChI=1S/C20H26ClN3O5/c1-14(16-4-3-5-17(21)12-16)22-18(26)13-29-20(28)7-6-19(27)24-10-8-23(9-11-24)15(2)25/h3-5,12,14H,6-11,13H2,1-2H3,(H,22,26)/t14-/m1/s1. The molecule has 1 heterocycles. The molecular formula is C20H26ClN3O5. The van der Waals surface area contributed by atoms with E-state index in [9.17, 15) is 19.2 Å². The zero-order chi connectivity index (χ0) is 21.4. The van der Waals surface area contributed by atoms with Crippen LogP contribution in [0.1, 0.15) is 38.3 Å². The number of rotatable bonds is 7. The normalized spacial score (nSPS) is 14.9. The molecule has 0 saturated carbocycles. The molecule has 1 fully saturated rings. The highest BCUT2D eigenvalue weighted by Gasteiger charge is 2.23. The molecule has 1 aliphatic rings. The van der Waals surface area contributed by atoms with Gasteiger partial charge in [0.05, 0.1) is 12.5 Å². The summed E-state index contributed by atoms with van der Waals surface area (Å²) in [6.07, 6.45) is -0.0810. The maximum atomic E-state index is 12.2. The van der Waals surface area contributed by atoms with E-state index in [1.165, 1.54) is 6.92 Å². The molecule has 0 unspecified atom stereocenters. The maximum absolute atomic E-state index is 12.2. The first-order chi connectivity index (χ1) is 13.8. The number of hydrogen-bond donors (Lipinski definition) is 1. The van der Waals surface area contributed by atoms with Crippen molar-refractivity contribution in [1.29, 1.82) is 0 Å². The Morgan fingerprint density at radius 3 is 2.38 bits per heavy atom. The number of halogens is 1.